The molecule has 0 fully saturated rings. The highest BCUT2D eigenvalue weighted by Gasteiger charge is 2.19. The minimum Gasteiger partial charge on any atom is -0.497 e. The Morgan fingerprint density at radius 3 is 2.32 bits per heavy atom. The molecule has 2 rings (SSSR count). The van der Waals surface area contributed by atoms with Gasteiger partial charge in [0.15, 0.2) is 5.16 Å². The summed E-state index contributed by atoms with van der Waals surface area (Å²) in [5, 5.41) is 0.855. The highest BCUT2D eigenvalue weighted by atomic mass is 32.2. The standard InChI is InChI=1S/C14H17N3OS/c1-10(15)13(19-14-16-8-3-9-17-14)11-4-6-12(18-2)7-5-11/h3-10,13H,15H2,1-2H3. The van der Waals surface area contributed by atoms with Crippen molar-refractivity contribution < 1.29 is 4.74 Å². The Hall–Kier alpha value is -1.59. The van der Waals surface area contributed by atoms with Crippen LogP contribution in [-0.2, 0) is 0 Å². The largest absolute Gasteiger partial charge is 0.497 e. The van der Waals surface area contributed by atoms with Gasteiger partial charge in [-0.15, -0.1) is 0 Å². The summed E-state index contributed by atoms with van der Waals surface area (Å²) in [6.45, 7) is 1.99. The molecule has 2 aromatic rings. The van der Waals surface area contributed by atoms with Gasteiger partial charge in [0.25, 0.3) is 0 Å². The summed E-state index contributed by atoms with van der Waals surface area (Å²) in [5.74, 6) is 0.841. The minimum absolute atomic E-state index is 0.00204. The van der Waals surface area contributed by atoms with Crippen LogP contribution in [0.2, 0.25) is 0 Å². The lowest BCUT2D eigenvalue weighted by Gasteiger charge is -2.20. The first-order valence-corrected chi connectivity index (χ1v) is 6.92. The number of methoxy groups -OCH3 is 1. The number of nitrogens with zero attached hydrogens (tertiary/aromatic N) is 2. The Balaban J connectivity index is 2.19. The molecule has 0 aliphatic heterocycles. The van der Waals surface area contributed by atoms with Crippen molar-refractivity contribution in [2.24, 2.45) is 5.73 Å². The summed E-state index contributed by atoms with van der Waals surface area (Å²) in [4.78, 5) is 8.46. The first kappa shape index (κ1) is 13.8. The van der Waals surface area contributed by atoms with E-state index >= 15 is 0 Å². The predicted octanol–water partition coefficient (Wildman–Crippen LogP) is 2.67. The summed E-state index contributed by atoms with van der Waals surface area (Å²) >= 11 is 1.58. The third kappa shape index (κ3) is 3.68. The monoisotopic (exact) mass is 275 g/mol. The number of nitrogens with two attached hydrogens (primary N) is 1. The maximum Gasteiger partial charge on any atom is 0.188 e. The smallest absolute Gasteiger partial charge is 0.188 e. The average molecular weight is 275 g/mol. The highest BCUT2D eigenvalue weighted by molar-refractivity contribution is 7.99. The number of aromatic nitrogens is 2. The van der Waals surface area contributed by atoms with Gasteiger partial charge in [-0.25, -0.2) is 9.97 Å². The first-order chi connectivity index (χ1) is 9.20. The molecule has 1 aromatic carbocycles. The molecule has 1 aromatic heterocycles. The van der Waals surface area contributed by atoms with Crippen LogP contribution in [0.5, 0.6) is 5.75 Å². The van der Waals surface area contributed by atoms with E-state index in [1.165, 1.54) is 0 Å². The topological polar surface area (TPSA) is 61.0 Å². The maximum atomic E-state index is 6.08. The van der Waals surface area contributed by atoms with E-state index in [0.29, 0.717) is 0 Å². The van der Waals surface area contributed by atoms with Gasteiger partial charge in [0.1, 0.15) is 5.75 Å². The predicted molar refractivity (Wildman–Crippen MR) is 77.3 cm³/mol. The van der Waals surface area contributed by atoms with E-state index in [0.717, 1.165) is 16.5 Å². The number of rotatable bonds is 5. The lowest BCUT2D eigenvalue weighted by Crippen LogP contribution is -2.22. The van der Waals surface area contributed by atoms with Crippen molar-refractivity contribution >= 4 is 11.8 Å². The number of benzene rings is 1. The van der Waals surface area contributed by atoms with Crippen molar-refractivity contribution in [2.45, 2.75) is 23.4 Å². The van der Waals surface area contributed by atoms with Gasteiger partial charge >= 0.3 is 0 Å². The van der Waals surface area contributed by atoms with Gasteiger partial charge in [0.2, 0.25) is 0 Å². The van der Waals surface area contributed by atoms with Crippen LogP contribution in [0.3, 0.4) is 0 Å². The van der Waals surface area contributed by atoms with E-state index in [1.807, 2.05) is 31.2 Å². The minimum atomic E-state index is 0.00204. The van der Waals surface area contributed by atoms with Crippen LogP contribution < -0.4 is 10.5 Å². The second kappa shape index (κ2) is 6.54. The number of thioether (sulfide) groups is 1. The molecular weight excluding hydrogens is 258 g/mol. The molecule has 0 radical (unpaired) electrons. The Labute approximate surface area is 117 Å². The van der Waals surface area contributed by atoms with Gasteiger partial charge in [0, 0.05) is 18.4 Å². The summed E-state index contributed by atoms with van der Waals surface area (Å²) in [6, 6.07) is 9.75. The normalized spacial score (nSPS) is 13.8. The Morgan fingerprint density at radius 2 is 1.79 bits per heavy atom. The molecule has 100 valence electrons. The zero-order chi connectivity index (χ0) is 13.7. The molecule has 0 aliphatic rings. The molecule has 2 atom stereocenters. The van der Waals surface area contributed by atoms with Crippen molar-refractivity contribution in [3.8, 4) is 5.75 Å². The second-order valence-corrected chi connectivity index (χ2v) is 5.31. The van der Waals surface area contributed by atoms with Gasteiger partial charge in [-0.2, -0.15) is 0 Å². The number of ether oxygens (including phenoxy) is 1. The SMILES string of the molecule is COc1ccc(C(Sc2ncccn2)C(C)N)cc1. The van der Waals surface area contributed by atoms with E-state index in [2.05, 4.69) is 9.97 Å². The molecule has 0 saturated carbocycles. The van der Waals surface area contributed by atoms with Gasteiger partial charge in [-0.3, -0.25) is 0 Å². The fourth-order valence-corrected chi connectivity index (χ4v) is 2.71. The van der Waals surface area contributed by atoms with E-state index in [1.54, 1.807) is 37.3 Å². The molecule has 0 amide bonds. The second-order valence-electron chi connectivity index (χ2n) is 4.20. The highest BCUT2D eigenvalue weighted by Crippen LogP contribution is 2.35. The number of hydrogen-bond donors (Lipinski definition) is 1. The zero-order valence-electron chi connectivity index (χ0n) is 11.0. The van der Waals surface area contributed by atoms with Gasteiger partial charge < -0.3 is 10.5 Å². The fourth-order valence-electron chi connectivity index (χ4n) is 1.73. The van der Waals surface area contributed by atoms with E-state index in [-0.39, 0.29) is 11.3 Å². The molecular formula is C14H17N3OS. The molecule has 0 aliphatic carbocycles. The Bertz CT molecular complexity index is 502. The molecule has 2 unspecified atom stereocenters. The van der Waals surface area contributed by atoms with Crippen molar-refractivity contribution in [1.82, 2.24) is 9.97 Å². The van der Waals surface area contributed by atoms with Crippen LogP contribution in [-0.4, -0.2) is 23.1 Å². The average Bonchev–Trinajstić information content (AvgIpc) is 2.46. The van der Waals surface area contributed by atoms with Crippen molar-refractivity contribution in [3.05, 3.63) is 48.3 Å². The van der Waals surface area contributed by atoms with E-state index in [4.69, 9.17) is 10.5 Å². The maximum absolute atomic E-state index is 6.08. The first-order valence-electron chi connectivity index (χ1n) is 6.04. The zero-order valence-corrected chi connectivity index (χ0v) is 11.8. The lowest BCUT2D eigenvalue weighted by molar-refractivity contribution is 0.414. The van der Waals surface area contributed by atoms with E-state index in [9.17, 15) is 0 Å². The van der Waals surface area contributed by atoms with Gasteiger partial charge in [-0.05, 0) is 30.7 Å². The fraction of sp³-hybridized carbons (Fsp3) is 0.286. The molecule has 0 bridgehead atoms. The third-order valence-corrected chi connectivity index (χ3v) is 4.07. The van der Waals surface area contributed by atoms with E-state index < -0.39 is 0 Å². The Morgan fingerprint density at radius 1 is 1.16 bits per heavy atom. The lowest BCUT2D eigenvalue weighted by atomic mass is 10.1. The quantitative estimate of drug-likeness (QED) is 0.671. The van der Waals surface area contributed by atoms with Crippen molar-refractivity contribution in [3.63, 3.8) is 0 Å². The summed E-state index contributed by atoms with van der Waals surface area (Å²) in [5.41, 5.74) is 7.23. The summed E-state index contributed by atoms with van der Waals surface area (Å²) in [6.07, 6.45) is 3.48. The molecule has 5 heteroatoms. The Kier molecular flexibility index (Phi) is 4.76. The summed E-state index contributed by atoms with van der Waals surface area (Å²) in [7, 11) is 1.66. The molecule has 0 spiro atoms. The van der Waals surface area contributed by atoms with Gasteiger partial charge in [-0.1, -0.05) is 23.9 Å². The molecule has 19 heavy (non-hydrogen) atoms. The molecule has 1 heterocycles. The van der Waals surface area contributed by atoms with Crippen LogP contribution in [0.4, 0.5) is 0 Å². The van der Waals surface area contributed by atoms with Crippen molar-refractivity contribution in [2.75, 3.05) is 7.11 Å². The van der Waals surface area contributed by atoms with Gasteiger partial charge in [0.05, 0.1) is 12.4 Å². The van der Waals surface area contributed by atoms with Crippen LogP contribution in [0.25, 0.3) is 0 Å². The molecule has 4 nitrogen and oxygen atoms in total. The number of hydrogen-bond acceptors (Lipinski definition) is 5. The third-order valence-electron chi connectivity index (χ3n) is 2.70. The van der Waals surface area contributed by atoms with Crippen LogP contribution in [0.1, 0.15) is 17.7 Å². The molecule has 0 saturated heterocycles. The van der Waals surface area contributed by atoms with Crippen molar-refractivity contribution in [1.29, 1.82) is 0 Å². The van der Waals surface area contributed by atoms with Crippen LogP contribution in [0.15, 0.2) is 47.9 Å². The molecule has 2 N–H and O–H groups in total. The summed E-state index contributed by atoms with van der Waals surface area (Å²) < 4.78 is 5.16. The van der Waals surface area contributed by atoms with Crippen LogP contribution >= 0.6 is 11.8 Å². The van der Waals surface area contributed by atoms with Crippen LogP contribution in [0, 0.1) is 0 Å².